The molecule has 4 rings (SSSR count). The minimum absolute atomic E-state index is 0.108. The molecular formula is C22H19NO4S. The van der Waals surface area contributed by atoms with E-state index in [1.807, 2.05) is 37.3 Å². The van der Waals surface area contributed by atoms with Crippen molar-refractivity contribution in [3.8, 4) is 16.9 Å². The van der Waals surface area contributed by atoms with Gasteiger partial charge in [0.1, 0.15) is 10.6 Å². The molecule has 1 unspecified atom stereocenters. The minimum Gasteiger partial charge on any atom is -0.497 e. The number of carbonyl (C=O) groups is 2. The van der Waals surface area contributed by atoms with Crippen molar-refractivity contribution in [2.75, 3.05) is 12.4 Å². The third-order valence-electron chi connectivity index (χ3n) is 4.92. The number of carbonyl (C=O) groups excluding carboxylic acids is 1. The van der Waals surface area contributed by atoms with E-state index < -0.39 is 5.97 Å². The SMILES string of the molecule is COc1ccc(-c2c(C(=O)O)sc3c2NC(=O)CC3c2cccc(C)c2)cc1. The van der Waals surface area contributed by atoms with Crippen LogP contribution in [0.3, 0.4) is 0 Å². The normalized spacial score (nSPS) is 15.6. The molecule has 1 atom stereocenters. The number of benzene rings is 2. The summed E-state index contributed by atoms with van der Waals surface area (Å²) in [6, 6.07) is 15.2. The Hall–Kier alpha value is -3.12. The first-order valence-electron chi connectivity index (χ1n) is 8.88. The molecule has 0 bridgehead atoms. The van der Waals surface area contributed by atoms with Gasteiger partial charge in [0, 0.05) is 22.8 Å². The number of ether oxygens (including phenoxy) is 1. The molecule has 1 aliphatic rings. The molecule has 1 aliphatic heterocycles. The van der Waals surface area contributed by atoms with Crippen molar-refractivity contribution in [2.24, 2.45) is 0 Å². The number of carboxylic acid groups (broad SMARTS) is 1. The van der Waals surface area contributed by atoms with Gasteiger partial charge in [-0.2, -0.15) is 0 Å². The molecule has 0 radical (unpaired) electrons. The van der Waals surface area contributed by atoms with Crippen molar-refractivity contribution < 1.29 is 19.4 Å². The maximum absolute atomic E-state index is 12.5. The number of hydrogen-bond donors (Lipinski definition) is 2. The first kappa shape index (κ1) is 18.3. The van der Waals surface area contributed by atoms with Gasteiger partial charge in [0.2, 0.25) is 5.91 Å². The molecule has 142 valence electrons. The van der Waals surface area contributed by atoms with Crippen molar-refractivity contribution in [3.63, 3.8) is 0 Å². The van der Waals surface area contributed by atoms with Crippen molar-refractivity contribution in [1.82, 2.24) is 0 Å². The van der Waals surface area contributed by atoms with Gasteiger partial charge in [-0.1, -0.05) is 42.0 Å². The summed E-state index contributed by atoms with van der Waals surface area (Å²) in [6.45, 7) is 2.01. The zero-order valence-corrected chi connectivity index (χ0v) is 16.3. The summed E-state index contributed by atoms with van der Waals surface area (Å²) >= 11 is 1.24. The number of thiophene rings is 1. The molecule has 1 aromatic heterocycles. The van der Waals surface area contributed by atoms with E-state index >= 15 is 0 Å². The summed E-state index contributed by atoms with van der Waals surface area (Å²) in [5.74, 6) is -0.573. The molecule has 5 nitrogen and oxygen atoms in total. The fraction of sp³-hybridized carbons (Fsp3) is 0.182. The molecule has 0 fully saturated rings. The average Bonchev–Trinajstić information content (AvgIpc) is 3.07. The highest BCUT2D eigenvalue weighted by Gasteiger charge is 2.34. The highest BCUT2D eigenvalue weighted by atomic mass is 32.1. The second-order valence-electron chi connectivity index (χ2n) is 6.80. The fourth-order valence-electron chi connectivity index (χ4n) is 3.63. The molecule has 28 heavy (non-hydrogen) atoms. The lowest BCUT2D eigenvalue weighted by Crippen LogP contribution is -2.22. The highest BCUT2D eigenvalue weighted by molar-refractivity contribution is 7.15. The molecule has 0 saturated carbocycles. The number of nitrogens with one attached hydrogen (secondary N) is 1. The Bertz CT molecular complexity index is 1070. The van der Waals surface area contributed by atoms with Crippen molar-refractivity contribution in [2.45, 2.75) is 19.3 Å². The van der Waals surface area contributed by atoms with Gasteiger partial charge in [-0.3, -0.25) is 4.79 Å². The van der Waals surface area contributed by atoms with Crippen molar-refractivity contribution in [1.29, 1.82) is 0 Å². The van der Waals surface area contributed by atoms with Crippen LogP contribution in [-0.4, -0.2) is 24.1 Å². The van der Waals surface area contributed by atoms with Crippen LogP contribution in [-0.2, 0) is 4.79 Å². The predicted octanol–water partition coefficient (Wildman–Crippen LogP) is 4.90. The zero-order valence-electron chi connectivity index (χ0n) is 15.5. The van der Waals surface area contributed by atoms with Gasteiger partial charge in [0.15, 0.2) is 0 Å². The molecule has 0 aliphatic carbocycles. The number of carboxylic acids is 1. The number of aryl methyl sites for hydroxylation is 1. The van der Waals surface area contributed by atoms with Crippen LogP contribution < -0.4 is 10.1 Å². The lowest BCUT2D eigenvalue weighted by atomic mass is 9.88. The number of rotatable bonds is 4. The number of aromatic carboxylic acids is 1. The van der Waals surface area contributed by atoms with Gasteiger partial charge in [-0.05, 0) is 30.2 Å². The largest absolute Gasteiger partial charge is 0.497 e. The summed E-state index contributed by atoms with van der Waals surface area (Å²) in [5, 5.41) is 12.7. The van der Waals surface area contributed by atoms with Gasteiger partial charge in [-0.15, -0.1) is 11.3 Å². The Labute approximate surface area is 166 Å². The zero-order chi connectivity index (χ0) is 19.8. The predicted molar refractivity (Wildman–Crippen MR) is 110 cm³/mol. The fourth-order valence-corrected chi connectivity index (χ4v) is 4.87. The standard InChI is InChI=1S/C22H19NO4S/c1-12-4-3-5-14(10-12)16-11-17(24)23-19-18(21(22(25)26)28-20(16)19)13-6-8-15(27-2)9-7-13/h3-10,16H,11H2,1-2H3,(H,23,24)(H,25,26). The molecule has 3 aromatic rings. The maximum atomic E-state index is 12.5. The van der Waals surface area contributed by atoms with E-state index in [1.165, 1.54) is 11.3 Å². The third-order valence-corrected chi connectivity index (χ3v) is 6.21. The van der Waals surface area contributed by atoms with Gasteiger partial charge in [0.05, 0.1) is 12.8 Å². The van der Waals surface area contributed by atoms with Crippen molar-refractivity contribution >= 4 is 28.9 Å². The van der Waals surface area contributed by atoms with Gasteiger partial charge >= 0.3 is 5.97 Å². The Morgan fingerprint density at radius 2 is 1.96 bits per heavy atom. The van der Waals surface area contributed by atoms with E-state index in [2.05, 4.69) is 11.4 Å². The molecule has 6 heteroatoms. The summed E-state index contributed by atoms with van der Waals surface area (Å²) in [7, 11) is 1.58. The average molecular weight is 393 g/mol. The highest BCUT2D eigenvalue weighted by Crippen LogP contribution is 2.49. The topological polar surface area (TPSA) is 75.6 Å². The molecule has 0 saturated heterocycles. The van der Waals surface area contributed by atoms with Crippen LogP contribution in [0.4, 0.5) is 5.69 Å². The molecule has 0 spiro atoms. The Balaban J connectivity index is 1.91. The Morgan fingerprint density at radius 3 is 2.61 bits per heavy atom. The van der Waals surface area contributed by atoms with Crippen LogP contribution >= 0.6 is 11.3 Å². The summed E-state index contributed by atoms with van der Waals surface area (Å²) in [6.07, 6.45) is 0.304. The van der Waals surface area contributed by atoms with Crippen LogP contribution in [0, 0.1) is 6.92 Å². The summed E-state index contributed by atoms with van der Waals surface area (Å²) in [5.41, 5.74) is 4.03. The lowest BCUT2D eigenvalue weighted by molar-refractivity contribution is -0.116. The summed E-state index contributed by atoms with van der Waals surface area (Å²) in [4.78, 5) is 25.6. The second kappa shape index (κ2) is 7.13. The van der Waals surface area contributed by atoms with E-state index in [4.69, 9.17) is 4.74 Å². The van der Waals surface area contributed by atoms with Gasteiger partial charge < -0.3 is 15.2 Å². The number of fused-ring (bicyclic) bond motifs is 1. The first-order valence-corrected chi connectivity index (χ1v) is 9.70. The van der Waals surface area contributed by atoms with E-state index in [0.29, 0.717) is 23.4 Å². The summed E-state index contributed by atoms with van der Waals surface area (Å²) < 4.78 is 5.20. The molecule has 2 aromatic carbocycles. The maximum Gasteiger partial charge on any atom is 0.346 e. The van der Waals surface area contributed by atoms with Gasteiger partial charge in [-0.25, -0.2) is 4.79 Å². The smallest absolute Gasteiger partial charge is 0.346 e. The van der Waals surface area contributed by atoms with Crippen LogP contribution in [0.1, 0.15) is 38.0 Å². The second-order valence-corrected chi connectivity index (χ2v) is 7.85. The Morgan fingerprint density at radius 1 is 1.21 bits per heavy atom. The molecule has 2 N–H and O–H groups in total. The van der Waals surface area contributed by atoms with Crippen LogP contribution in [0.5, 0.6) is 5.75 Å². The van der Waals surface area contributed by atoms with Crippen molar-refractivity contribution in [3.05, 3.63) is 69.4 Å². The number of methoxy groups -OCH3 is 1. The Kier molecular flexibility index (Phi) is 4.65. The van der Waals surface area contributed by atoms with E-state index in [-0.39, 0.29) is 16.7 Å². The van der Waals surface area contributed by atoms with E-state index in [9.17, 15) is 14.7 Å². The minimum atomic E-state index is -0.998. The third kappa shape index (κ3) is 3.16. The van der Waals surface area contributed by atoms with Crippen LogP contribution in [0.2, 0.25) is 0 Å². The quantitative estimate of drug-likeness (QED) is 0.661. The van der Waals surface area contributed by atoms with Gasteiger partial charge in [0.25, 0.3) is 0 Å². The first-order chi connectivity index (χ1) is 13.5. The number of amides is 1. The molecular weight excluding hydrogens is 374 g/mol. The number of anilines is 1. The lowest BCUT2D eigenvalue weighted by Gasteiger charge is -2.24. The monoisotopic (exact) mass is 393 g/mol. The van der Waals surface area contributed by atoms with E-state index in [0.717, 1.165) is 21.6 Å². The number of hydrogen-bond acceptors (Lipinski definition) is 4. The van der Waals surface area contributed by atoms with Crippen LogP contribution in [0.25, 0.3) is 11.1 Å². The van der Waals surface area contributed by atoms with Crippen LogP contribution in [0.15, 0.2) is 48.5 Å². The molecule has 2 heterocycles. The van der Waals surface area contributed by atoms with E-state index in [1.54, 1.807) is 19.2 Å². The molecule has 1 amide bonds.